The van der Waals surface area contributed by atoms with Crippen LogP contribution in [0.5, 0.6) is 5.88 Å². The molecule has 27 heavy (non-hydrogen) atoms. The minimum atomic E-state index is -4.43. The highest BCUT2D eigenvalue weighted by molar-refractivity contribution is 5.74. The van der Waals surface area contributed by atoms with Gasteiger partial charge in [-0.05, 0) is 55.9 Å². The van der Waals surface area contributed by atoms with Crippen LogP contribution in [-0.2, 0) is 6.54 Å². The lowest BCUT2D eigenvalue weighted by atomic mass is 9.68. The molecule has 2 saturated carbocycles. The fourth-order valence-electron chi connectivity index (χ4n) is 5.14. The highest BCUT2D eigenvalue weighted by Crippen LogP contribution is 2.47. The molecular weight excluding hydrogens is 359 g/mol. The molecule has 8 heteroatoms. The molecule has 4 fully saturated rings. The monoisotopic (exact) mass is 383 g/mol. The van der Waals surface area contributed by atoms with E-state index in [-0.39, 0.29) is 24.5 Å². The number of amides is 2. The fraction of sp³-hybridized carbons (Fsp3) is 0.684. The van der Waals surface area contributed by atoms with Crippen molar-refractivity contribution in [1.29, 1.82) is 0 Å². The third kappa shape index (κ3) is 4.30. The highest BCUT2D eigenvalue weighted by Gasteiger charge is 2.44. The van der Waals surface area contributed by atoms with Gasteiger partial charge >= 0.3 is 12.2 Å². The maximum absolute atomic E-state index is 12.8. The first-order chi connectivity index (χ1) is 12.9. The quantitative estimate of drug-likeness (QED) is 0.862. The van der Waals surface area contributed by atoms with E-state index in [9.17, 15) is 18.0 Å². The van der Waals surface area contributed by atoms with Crippen LogP contribution in [0.3, 0.4) is 0 Å². The van der Waals surface area contributed by atoms with E-state index in [4.69, 9.17) is 4.74 Å². The van der Waals surface area contributed by atoms with E-state index in [1.54, 1.807) is 12.1 Å². The van der Waals surface area contributed by atoms with Crippen molar-refractivity contribution in [2.75, 3.05) is 13.2 Å². The molecule has 4 aliphatic rings. The Morgan fingerprint density at radius 3 is 2.59 bits per heavy atom. The molecule has 5 nitrogen and oxygen atoms in total. The van der Waals surface area contributed by atoms with Gasteiger partial charge < -0.3 is 15.0 Å². The molecular formula is C19H24F3N3O2. The van der Waals surface area contributed by atoms with Crippen molar-refractivity contribution in [2.45, 2.75) is 50.9 Å². The number of halogens is 3. The molecule has 1 aromatic rings. The summed E-state index contributed by atoms with van der Waals surface area (Å²) in [4.78, 5) is 18.6. The van der Waals surface area contributed by atoms with Crippen molar-refractivity contribution >= 4 is 6.03 Å². The van der Waals surface area contributed by atoms with Gasteiger partial charge in [-0.25, -0.2) is 9.78 Å². The summed E-state index contributed by atoms with van der Waals surface area (Å²) < 4.78 is 42.0. The summed E-state index contributed by atoms with van der Waals surface area (Å²) in [5.74, 6) is 1.97. The summed E-state index contributed by atoms with van der Waals surface area (Å²) >= 11 is 0. The van der Waals surface area contributed by atoms with Gasteiger partial charge in [0.15, 0.2) is 6.61 Å². The lowest BCUT2D eigenvalue weighted by Gasteiger charge is -2.38. The van der Waals surface area contributed by atoms with E-state index in [2.05, 4.69) is 10.3 Å². The van der Waals surface area contributed by atoms with Crippen LogP contribution in [-0.4, -0.2) is 41.3 Å². The Kier molecular flexibility index (Phi) is 4.90. The molecule has 2 aliphatic carbocycles. The standard InChI is InChI=1S/C19H24F3N3O2/c20-19(21,22)11-27-17-15(2-1-3-23-17)9-24-18(26)25-10-14-5-12-4-13(6-14)8-16(25)7-12/h1-3,12-14,16H,4-11H2,(H,24,26). The van der Waals surface area contributed by atoms with Gasteiger partial charge in [0.1, 0.15) is 0 Å². The predicted molar refractivity (Wildman–Crippen MR) is 92.1 cm³/mol. The number of fused-ring (bicyclic) bond motifs is 1. The zero-order chi connectivity index (χ0) is 19.0. The summed E-state index contributed by atoms with van der Waals surface area (Å²) in [5.41, 5.74) is 0.441. The zero-order valence-corrected chi connectivity index (χ0v) is 15.0. The molecule has 0 radical (unpaired) electrons. The van der Waals surface area contributed by atoms with E-state index < -0.39 is 12.8 Å². The number of hydrogen-bond donors (Lipinski definition) is 1. The third-order valence-corrected chi connectivity index (χ3v) is 6.02. The van der Waals surface area contributed by atoms with E-state index in [0.29, 0.717) is 11.5 Å². The third-order valence-electron chi connectivity index (χ3n) is 6.02. The summed E-state index contributed by atoms with van der Waals surface area (Å²) in [6, 6.07) is 3.39. The maximum Gasteiger partial charge on any atom is 0.422 e. The number of rotatable bonds is 4. The molecule has 2 saturated heterocycles. The number of hydrogen-bond acceptors (Lipinski definition) is 3. The van der Waals surface area contributed by atoms with Crippen LogP contribution in [0.4, 0.5) is 18.0 Å². The molecule has 0 spiro atoms. The number of urea groups is 1. The molecule has 2 amide bonds. The van der Waals surface area contributed by atoms with Gasteiger partial charge in [-0.15, -0.1) is 0 Å². The number of alkyl halides is 3. The van der Waals surface area contributed by atoms with Crippen LogP contribution >= 0.6 is 0 Å². The van der Waals surface area contributed by atoms with E-state index in [0.717, 1.165) is 31.2 Å². The first-order valence-corrected chi connectivity index (χ1v) is 9.55. The average molecular weight is 383 g/mol. The average Bonchev–Trinajstić information content (AvgIpc) is 2.81. The lowest BCUT2D eigenvalue weighted by Crippen LogP contribution is -2.47. The summed E-state index contributed by atoms with van der Waals surface area (Å²) in [5, 5.41) is 2.86. The van der Waals surface area contributed by atoms with Crippen LogP contribution in [0.1, 0.15) is 37.7 Å². The smallest absolute Gasteiger partial charge is 0.422 e. The largest absolute Gasteiger partial charge is 0.468 e. The van der Waals surface area contributed by atoms with Gasteiger partial charge in [0.05, 0.1) is 0 Å². The number of nitrogens with zero attached hydrogens (tertiary/aromatic N) is 2. The van der Waals surface area contributed by atoms with E-state index in [1.807, 2.05) is 4.90 Å². The topological polar surface area (TPSA) is 54.5 Å². The highest BCUT2D eigenvalue weighted by atomic mass is 19.4. The van der Waals surface area contributed by atoms with E-state index in [1.165, 1.54) is 25.5 Å². The van der Waals surface area contributed by atoms with Crippen molar-refractivity contribution < 1.29 is 22.7 Å². The molecule has 1 aromatic heterocycles. The van der Waals surface area contributed by atoms with Crippen molar-refractivity contribution in [3.63, 3.8) is 0 Å². The second kappa shape index (κ2) is 7.20. The summed E-state index contributed by atoms with van der Waals surface area (Å²) in [7, 11) is 0. The van der Waals surface area contributed by atoms with Crippen LogP contribution < -0.4 is 10.1 Å². The minimum Gasteiger partial charge on any atom is -0.468 e. The number of aromatic nitrogens is 1. The van der Waals surface area contributed by atoms with Gasteiger partial charge in [-0.2, -0.15) is 13.2 Å². The Hall–Kier alpha value is -1.99. The first-order valence-electron chi connectivity index (χ1n) is 9.55. The van der Waals surface area contributed by atoms with Gasteiger partial charge in [-0.1, -0.05) is 6.07 Å². The van der Waals surface area contributed by atoms with Crippen molar-refractivity contribution in [3.05, 3.63) is 23.9 Å². The number of carbonyl (C=O) groups is 1. The first kappa shape index (κ1) is 18.4. The molecule has 4 bridgehead atoms. The van der Waals surface area contributed by atoms with Crippen molar-refractivity contribution in [2.24, 2.45) is 17.8 Å². The molecule has 148 valence electrons. The molecule has 3 heterocycles. The molecule has 5 rings (SSSR count). The van der Waals surface area contributed by atoms with Gasteiger partial charge in [0.25, 0.3) is 0 Å². The maximum atomic E-state index is 12.8. The second-order valence-electron chi connectivity index (χ2n) is 8.11. The molecule has 1 N–H and O–H groups in total. The fourth-order valence-corrected chi connectivity index (χ4v) is 5.14. The van der Waals surface area contributed by atoms with E-state index >= 15 is 0 Å². The number of pyridine rings is 1. The Labute approximate surface area is 156 Å². The number of nitrogens with one attached hydrogen (secondary N) is 1. The van der Waals surface area contributed by atoms with Crippen LogP contribution in [0.2, 0.25) is 0 Å². The Morgan fingerprint density at radius 2 is 1.89 bits per heavy atom. The molecule has 2 unspecified atom stereocenters. The minimum absolute atomic E-state index is 0.0917. The van der Waals surface area contributed by atoms with Crippen LogP contribution in [0.15, 0.2) is 18.3 Å². The predicted octanol–water partition coefficient (Wildman–Crippen LogP) is 3.74. The normalized spacial score (nSPS) is 29.5. The van der Waals surface area contributed by atoms with Crippen LogP contribution in [0.25, 0.3) is 0 Å². The number of carbonyl (C=O) groups excluding carboxylic acids is 1. The zero-order valence-electron chi connectivity index (χ0n) is 15.0. The van der Waals surface area contributed by atoms with Gasteiger partial charge in [0.2, 0.25) is 5.88 Å². The summed E-state index contributed by atoms with van der Waals surface area (Å²) in [6.07, 6.45) is 2.84. The van der Waals surface area contributed by atoms with Crippen molar-refractivity contribution in [1.82, 2.24) is 15.2 Å². The van der Waals surface area contributed by atoms with Gasteiger partial charge in [0, 0.05) is 30.9 Å². The Bertz CT molecular complexity index is 683. The van der Waals surface area contributed by atoms with Crippen LogP contribution in [0, 0.1) is 17.8 Å². The Morgan fingerprint density at radius 1 is 1.19 bits per heavy atom. The molecule has 0 aromatic carbocycles. The SMILES string of the molecule is O=C(NCc1cccnc1OCC(F)(F)F)N1CC2CC3CC(C2)CC1C3. The number of ether oxygens (including phenoxy) is 1. The molecule has 2 aliphatic heterocycles. The second-order valence-corrected chi connectivity index (χ2v) is 8.11. The van der Waals surface area contributed by atoms with Gasteiger partial charge in [-0.3, -0.25) is 0 Å². The Balaban J connectivity index is 1.38. The summed E-state index contributed by atoms with van der Waals surface area (Å²) in [6.45, 7) is -0.516. The molecule has 2 atom stereocenters. The lowest BCUT2D eigenvalue weighted by molar-refractivity contribution is -0.154. The van der Waals surface area contributed by atoms with Crippen molar-refractivity contribution in [3.8, 4) is 5.88 Å².